The molecule has 0 spiro atoms. The first-order chi connectivity index (χ1) is 12.2. The summed E-state index contributed by atoms with van der Waals surface area (Å²) in [6, 6.07) is 28.2. The third kappa shape index (κ3) is 4.74. The molecule has 3 heteroatoms. The van der Waals surface area contributed by atoms with Gasteiger partial charge in [-0.3, -0.25) is 4.79 Å². The first-order valence-electron chi connectivity index (χ1n) is 8.32. The summed E-state index contributed by atoms with van der Waals surface area (Å²) in [4.78, 5) is 13.7. The Labute approximate surface area is 153 Å². The summed E-state index contributed by atoms with van der Waals surface area (Å²) in [6.45, 7) is 2.08. The summed E-state index contributed by atoms with van der Waals surface area (Å²) >= 11 is 1.55. The predicted octanol–water partition coefficient (Wildman–Crippen LogP) is 4.99. The fourth-order valence-electron chi connectivity index (χ4n) is 2.77. The lowest BCUT2D eigenvalue weighted by Crippen LogP contribution is -2.31. The monoisotopic (exact) mass is 347 g/mol. The van der Waals surface area contributed by atoms with Crippen molar-refractivity contribution in [3.05, 3.63) is 102 Å². The van der Waals surface area contributed by atoms with Gasteiger partial charge < -0.3 is 5.32 Å². The van der Waals surface area contributed by atoms with Crippen molar-refractivity contribution in [2.24, 2.45) is 0 Å². The van der Waals surface area contributed by atoms with E-state index in [1.807, 2.05) is 60.7 Å². The SMILES string of the molecule is Cc1ccccc1[C@H](NC(=O)CSc1ccccc1)c1ccccc1. The van der Waals surface area contributed by atoms with Gasteiger partial charge in [0.05, 0.1) is 11.8 Å². The molecule has 0 fully saturated rings. The zero-order chi connectivity index (χ0) is 17.5. The topological polar surface area (TPSA) is 29.1 Å². The minimum Gasteiger partial charge on any atom is -0.344 e. The maximum atomic E-state index is 12.6. The quantitative estimate of drug-likeness (QED) is 0.636. The van der Waals surface area contributed by atoms with E-state index in [9.17, 15) is 4.79 Å². The van der Waals surface area contributed by atoms with Crippen LogP contribution in [0, 0.1) is 6.92 Å². The van der Waals surface area contributed by atoms with Crippen molar-refractivity contribution in [3.8, 4) is 0 Å². The summed E-state index contributed by atoms with van der Waals surface area (Å²) in [5.74, 6) is 0.435. The van der Waals surface area contributed by atoms with Gasteiger partial charge in [-0.2, -0.15) is 0 Å². The van der Waals surface area contributed by atoms with Crippen molar-refractivity contribution in [3.63, 3.8) is 0 Å². The van der Waals surface area contributed by atoms with Crippen molar-refractivity contribution < 1.29 is 4.79 Å². The van der Waals surface area contributed by atoms with Crippen LogP contribution in [0.25, 0.3) is 0 Å². The van der Waals surface area contributed by atoms with E-state index in [4.69, 9.17) is 0 Å². The molecule has 0 heterocycles. The second-order valence-electron chi connectivity index (χ2n) is 5.87. The molecule has 126 valence electrons. The van der Waals surface area contributed by atoms with Crippen molar-refractivity contribution in [2.45, 2.75) is 17.9 Å². The van der Waals surface area contributed by atoms with Crippen LogP contribution in [0.15, 0.2) is 89.8 Å². The van der Waals surface area contributed by atoms with E-state index in [1.54, 1.807) is 11.8 Å². The Bertz CT molecular complexity index is 818. The Kier molecular flexibility index (Phi) is 5.91. The van der Waals surface area contributed by atoms with Crippen LogP contribution < -0.4 is 5.32 Å². The Balaban J connectivity index is 1.76. The molecule has 0 bridgehead atoms. The van der Waals surface area contributed by atoms with Gasteiger partial charge in [0.1, 0.15) is 0 Å². The van der Waals surface area contributed by atoms with E-state index >= 15 is 0 Å². The van der Waals surface area contributed by atoms with Crippen LogP contribution >= 0.6 is 11.8 Å². The molecule has 1 N–H and O–H groups in total. The highest BCUT2D eigenvalue weighted by Gasteiger charge is 2.18. The van der Waals surface area contributed by atoms with Crippen molar-refractivity contribution >= 4 is 17.7 Å². The number of thioether (sulfide) groups is 1. The molecule has 0 aliphatic rings. The maximum Gasteiger partial charge on any atom is 0.231 e. The number of carbonyl (C=O) groups excluding carboxylic acids is 1. The molecule has 1 atom stereocenters. The molecule has 3 aromatic carbocycles. The molecular weight excluding hydrogens is 326 g/mol. The summed E-state index contributed by atoms with van der Waals surface area (Å²) in [7, 11) is 0. The minimum atomic E-state index is -0.133. The van der Waals surface area contributed by atoms with Crippen LogP contribution in [0.1, 0.15) is 22.7 Å². The van der Waals surface area contributed by atoms with Gasteiger partial charge in [0.25, 0.3) is 0 Å². The zero-order valence-electron chi connectivity index (χ0n) is 14.2. The van der Waals surface area contributed by atoms with Crippen molar-refractivity contribution in [1.29, 1.82) is 0 Å². The highest BCUT2D eigenvalue weighted by Crippen LogP contribution is 2.25. The molecule has 0 saturated heterocycles. The van der Waals surface area contributed by atoms with E-state index in [0.717, 1.165) is 16.0 Å². The Morgan fingerprint density at radius 1 is 0.880 bits per heavy atom. The second-order valence-corrected chi connectivity index (χ2v) is 6.92. The van der Waals surface area contributed by atoms with Crippen LogP contribution in [0.2, 0.25) is 0 Å². The average Bonchev–Trinajstić information content (AvgIpc) is 2.67. The van der Waals surface area contributed by atoms with Crippen LogP contribution in [0.3, 0.4) is 0 Å². The number of nitrogens with one attached hydrogen (secondary N) is 1. The Morgan fingerprint density at radius 2 is 1.48 bits per heavy atom. The molecule has 0 aliphatic carbocycles. The average molecular weight is 347 g/mol. The fraction of sp³-hybridized carbons (Fsp3) is 0.136. The lowest BCUT2D eigenvalue weighted by Gasteiger charge is -2.21. The number of benzene rings is 3. The lowest BCUT2D eigenvalue weighted by molar-refractivity contribution is -0.119. The molecular formula is C22H21NOS. The van der Waals surface area contributed by atoms with Crippen molar-refractivity contribution in [1.82, 2.24) is 5.32 Å². The highest BCUT2D eigenvalue weighted by molar-refractivity contribution is 8.00. The van der Waals surface area contributed by atoms with Gasteiger partial charge in [0.15, 0.2) is 0 Å². The zero-order valence-corrected chi connectivity index (χ0v) is 15.0. The van der Waals surface area contributed by atoms with Gasteiger partial charge in [0.2, 0.25) is 5.91 Å². The van der Waals surface area contributed by atoms with E-state index in [-0.39, 0.29) is 11.9 Å². The third-order valence-corrected chi connectivity index (χ3v) is 5.06. The number of amides is 1. The molecule has 0 aromatic heterocycles. The largest absolute Gasteiger partial charge is 0.344 e. The van der Waals surface area contributed by atoms with Gasteiger partial charge in [-0.25, -0.2) is 0 Å². The standard InChI is InChI=1S/C22H21NOS/c1-17-10-8-9-15-20(17)22(18-11-4-2-5-12-18)23-21(24)16-25-19-13-6-3-7-14-19/h2-15,22H,16H2,1H3,(H,23,24)/t22-/m1/s1. The summed E-state index contributed by atoms with van der Waals surface area (Å²) < 4.78 is 0. The van der Waals surface area contributed by atoms with E-state index in [1.165, 1.54) is 5.56 Å². The molecule has 25 heavy (non-hydrogen) atoms. The molecule has 2 nitrogen and oxygen atoms in total. The fourth-order valence-corrected chi connectivity index (χ4v) is 3.50. The summed E-state index contributed by atoms with van der Waals surface area (Å²) in [5.41, 5.74) is 3.40. The molecule has 0 unspecified atom stereocenters. The van der Waals surface area contributed by atoms with Crippen LogP contribution in [0.4, 0.5) is 0 Å². The van der Waals surface area contributed by atoms with E-state index in [0.29, 0.717) is 5.75 Å². The summed E-state index contributed by atoms with van der Waals surface area (Å²) in [6.07, 6.45) is 0. The molecule has 0 radical (unpaired) electrons. The molecule has 1 amide bonds. The summed E-state index contributed by atoms with van der Waals surface area (Å²) in [5, 5.41) is 3.20. The molecule has 3 aromatic rings. The van der Waals surface area contributed by atoms with Crippen LogP contribution in [0.5, 0.6) is 0 Å². The van der Waals surface area contributed by atoms with Gasteiger partial charge in [-0.15, -0.1) is 11.8 Å². The van der Waals surface area contributed by atoms with Gasteiger partial charge in [-0.05, 0) is 35.7 Å². The predicted molar refractivity (Wildman–Crippen MR) is 105 cm³/mol. The third-order valence-electron chi connectivity index (χ3n) is 4.05. The minimum absolute atomic E-state index is 0.0333. The molecule has 0 saturated carbocycles. The first-order valence-corrected chi connectivity index (χ1v) is 9.30. The number of rotatable bonds is 6. The number of carbonyl (C=O) groups is 1. The smallest absolute Gasteiger partial charge is 0.231 e. The van der Waals surface area contributed by atoms with Gasteiger partial charge >= 0.3 is 0 Å². The Hall–Kier alpha value is -2.52. The van der Waals surface area contributed by atoms with E-state index in [2.05, 4.69) is 36.5 Å². The number of hydrogen-bond acceptors (Lipinski definition) is 2. The van der Waals surface area contributed by atoms with Crippen LogP contribution in [-0.2, 0) is 4.79 Å². The number of hydrogen-bond donors (Lipinski definition) is 1. The normalized spacial score (nSPS) is 11.7. The maximum absolute atomic E-state index is 12.6. The second kappa shape index (κ2) is 8.54. The van der Waals surface area contributed by atoms with Crippen molar-refractivity contribution in [2.75, 3.05) is 5.75 Å². The van der Waals surface area contributed by atoms with Gasteiger partial charge in [-0.1, -0.05) is 72.8 Å². The molecule has 0 aliphatic heterocycles. The first kappa shape index (κ1) is 17.3. The number of aryl methyl sites for hydroxylation is 1. The highest BCUT2D eigenvalue weighted by atomic mass is 32.2. The molecule has 3 rings (SSSR count). The van der Waals surface area contributed by atoms with E-state index < -0.39 is 0 Å². The lowest BCUT2D eigenvalue weighted by atomic mass is 9.95. The van der Waals surface area contributed by atoms with Gasteiger partial charge in [0, 0.05) is 4.90 Å². The Morgan fingerprint density at radius 3 is 2.16 bits per heavy atom. The van der Waals surface area contributed by atoms with Crippen LogP contribution in [-0.4, -0.2) is 11.7 Å².